The quantitative estimate of drug-likeness (QED) is 0.800. The molecule has 0 atom stereocenters. The van der Waals surface area contributed by atoms with Crippen LogP contribution in [0.1, 0.15) is 10.4 Å². The summed E-state index contributed by atoms with van der Waals surface area (Å²) in [7, 11) is 0. The lowest BCUT2D eigenvalue weighted by Crippen LogP contribution is -2.39. The summed E-state index contributed by atoms with van der Waals surface area (Å²) < 4.78 is 2.03. The highest BCUT2D eigenvalue weighted by molar-refractivity contribution is 6.00. The SMILES string of the molecule is O=C(NCC(=O)N1CCn2c1nc1ccccc12)c1ccccc1. The van der Waals surface area contributed by atoms with Gasteiger partial charge < -0.3 is 9.88 Å². The van der Waals surface area contributed by atoms with Crippen molar-refractivity contribution in [2.24, 2.45) is 0 Å². The third-order valence-corrected chi connectivity index (χ3v) is 4.16. The summed E-state index contributed by atoms with van der Waals surface area (Å²) in [6.45, 7) is 1.25. The molecule has 120 valence electrons. The van der Waals surface area contributed by atoms with Crippen molar-refractivity contribution in [3.8, 4) is 0 Å². The summed E-state index contributed by atoms with van der Waals surface area (Å²) in [4.78, 5) is 30.7. The Labute approximate surface area is 138 Å². The first-order valence-electron chi connectivity index (χ1n) is 7.83. The van der Waals surface area contributed by atoms with Crippen molar-refractivity contribution in [2.75, 3.05) is 18.0 Å². The Balaban J connectivity index is 1.48. The van der Waals surface area contributed by atoms with Crippen LogP contribution in [0.15, 0.2) is 54.6 Å². The molecule has 0 saturated carbocycles. The van der Waals surface area contributed by atoms with Crippen molar-refractivity contribution in [1.82, 2.24) is 14.9 Å². The van der Waals surface area contributed by atoms with Gasteiger partial charge in [-0.25, -0.2) is 4.98 Å². The minimum atomic E-state index is -0.253. The van der Waals surface area contributed by atoms with E-state index >= 15 is 0 Å². The molecule has 3 aromatic rings. The molecule has 4 rings (SSSR count). The largest absolute Gasteiger partial charge is 0.343 e. The maximum absolute atomic E-state index is 12.5. The minimum Gasteiger partial charge on any atom is -0.343 e. The van der Waals surface area contributed by atoms with Crippen LogP contribution in [-0.4, -0.2) is 34.5 Å². The molecule has 1 N–H and O–H groups in total. The van der Waals surface area contributed by atoms with Gasteiger partial charge in [-0.2, -0.15) is 0 Å². The first-order chi connectivity index (χ1) is 11.7. The Hall–Kier alpha value is -3.15. The number of fused-ring (bicyclic) bond motifs is 3. The van der Waals surface area contributed by atoms with Crippen molar-refractivity contribution in [3.63, 3.8) is 0 Å². The van der Waals surface area contributed by atoms with Crippen molar-refractivity contribution in [2.45, 2.75) is 6.54 Å². The number of amides is 2. The molecule has 0 saturated heterocycles. The second-order valence-corrected chi connectivity index (χ2v) is 5.65. The molecule has 2 heterocycles. The average Bonchev–Trinajstić information content (AvgIpc) is 3.19. The van der Waals surface area contributed by atoms with Gasteiger partial charge in [-0.1, -0.05) is 30.3 Å². The summed E-state index contributed by atoms with van der Waals surface area (Å²) in [5, 5.41) is 2.67. The predicted octanol–water partition coefficient (Wildman–Crippen LogP) is 1.81. The Morgan fingerprint density at radius 1 is 1.00 bits per heavy atom. The number of aromatic nitrogens is 2. The van der Waals surface area contributed by atoms with Gasteiger partial charge in [0, 0.05) is 18.7 Å². The molecule has 0 bridgehead atoms. The van der Waals surface area contributed by atoms with E-state index in [1.165, 1.54) is 0 Å². The van der Waals surface area contributed by atoms with E-state index in [0.717, 1.165) is 11.0 Å². The first kappa shape index (κ1) is 14.4. The molecule has 0 spiro atoms. The second kappa shape index (κ2) is 5.81. The lowest BCUT2D eigenvalue weighted by molar-refractivity contribution is -0.117. The van der Waals surface area contributed by atoms with Crippen molar-refractivity contribution in [1.29, 1.82) is 0 Å². The lowest BCUT2D eigenvalue weighted by atomic mass is 10.2. The number of rotatable bonds is 3. The van der Waals surface area contributed by atoms with Gasteiger partial charge in [0.2, 0.25) is 11.9 Å². The van der Waals surface area contributed by atoms with Crippen molar-refractivity contribution in [3.05, 3.63) is 60.2 Å². The van der Waals surface area contributed by atoms with Crippen LogP contribution in [0.25, 0.3) is 11.0 Å². The molecule has 24 heavy (non-hydrogen) atoms. The van der Waals surface area contributed by atoms with Crippen LogP contribution in [0, 0.1) is 0 Å². The summed E-state index contributed by atoms with van der Waals surface area (Å²) in [6.07, 6.45) is 0. The van der Waals surface area contributed by atoms with Gasteiger partial charge in [-0.15, -0.1) is 0 Å². The smallest absolute Gasteiger partial charge is 0.251 e. The van der Waals surface area contributed by atoms with E-state index < -0.39 is 0 Å². The molecule has 1 aromatic heterocycles. The van der Waals surface area contributed by atoms with Gasteiger partial charge in [0.05, 0.1) is 17.6 Å². The molecule has 2 amide bonds. The normalized spacial score (nSPS) is 13.1. The monoisotopic (exact) mass is 320 g/mol. The molecule has 0 unspecified atom stereocenters. The number of carbonyl (C=O) groups excluding carboxylic acids is 2. The molecule has 1 aliphatic rings. The summed E-state index contributed by atoms with van der Waals surface area (Å²) in [5.74, 6) is 0.236. The molecule has 2 aromatic carbocycles. The molecule has 0 radical (unpaired) electrons. The fourth-order valence-electron chi connectivity index (χ4n) is 2.97. The van der Waals surface area contributed by atoms with Crippen LogP contribution in [0.3, 0.4) is 0 Å². The number of para-hydroxylation sites is 2. The summed E-state index contributed by atoms with van der Waals surface area (Å²) in [5.41, 5.74) is 2.44. The Kier molecular flexibility index (Phi) is 3.49. The topological polar surface area (TPSA) is 67.2 Å². The van der Waals surface area contributed by atoms with Crippen molar-refractivity contribution < 1.29 is 9.59 Å². The van der Waals surface area contributed by atoms with Crippen LogP contribution in [0.4, 0.5) is 5.95 Å². The van der Waals surface area contributed by atoms with E-state index in [2.05, 4.69) is 10.3 Å². The Bertz CT molecular complexity index is 917. The number of nitrogens with one attached hydrogen (secondary N) is 1. The maximum atomic E-state index is 12.5. The van der Waals surface area contributed by atoms with E-state index in [1.54, 1.807) is 29.2 Å². The summed E-state index contributed by atoms with van der Waals surface area (Å²) >= 11 is 0. The third-order valence-electron chi connectivity index (χ3n) is 4.16. The third kappa shape index (κ3) is 2.42. The van der Waals surface area contributed by atoms with Crippen LogP contribution in [0.2, 0.25) is 0 Å². The first-order valence-corrected chi connectivity index (χ1v) is 7.83. The van der Waals surface area contributed by atoms with Gasteiger partial charge in [-0.3, -0.25) is 14.5 Å². The van der Waals surface area contributed by atoms with Gasteiger partial charge in [0.15, 0.2) is 0 Å². The molecular weight excluding hydrogens is 304 g/mol. The van der Waals surface area contributed by atoms with Crippen LogP contribution in [-0.2, 0) is 11.3 Å². The number of hydrogen-bond acceptors (Lipinski definition) is 3. The van der Waals surface area contributed by atoms with E-state index in [1.807, 2.05) is 34.9 Å². The Morgan fingerprint density at radius 3 is 2.58 bits per heavy atom. The van der Waals surface area contributed by atoms with Crippen LogP contribution in [0.5, 0.6) is 0 Å². The number of anilines is 1. The molecular formula is C18H16N4O2. The zero-order valence-corrected chi connectivity index (χ0v) is 13.0. The highest BCUT2D eigenvalue weighted by Gasteiger charge is 2.28. The number of imidazole rings is 1. The van der Waals surface area contributed by atoms with E-state index in [9.17, 15) is 9.59 Å². The van der Waals surface area contributed by atoms with Crippen LogP contribution < -0.4 is 10.2 Å². The molecule has 1 aliphatic heterocycles. The highest BCUT2D eigenvalue weighted by atomic mass is 16.2. The average molecular weight is 320 g/mol. The van der Waals surface area contributed by atoms with E-state index in [-0.39, 0.29) is 18.4 Å². The minimum absolute atomic E-state index is 0.0447. The number of benzene rings is 2. The molecule has 0 fully saturated rings. The lowest BCUT2D eigenvalue weighted by Gasteiger charge is -2.14. The van der Waals surface area contributed by atoms with Gasteiger partial charge in [0.25, 0.3) is 5.91 Å². The fraction of sp³-hybridized carbons (Fsp3) is 0.167. The fourth-order valence-corrected chi connectivity index (χ4v) is 2.97. The molecule has 6 nitrogen and oxygen atoms in total. The maximum Gasteiger partial charge on any atom is 0.251 e. The van der Waals surface area contributed by atoms with Gasteiger partial charge in [-0.05, 0) is 24.3 Å². The van der Waals surface area contributed by atoms with Gasteiger partial charge >= 0.3 is 0 Å². The molecule has 0 aliphatic carbocycles. The van der Waals surface area contributed by atoms with Crippen LogP contribution >= 0.6 is 0 Å². The second-order valence-electron chi connectivity index (χ2n) is 5.65. The molecule has 6 heteroatoms. The predicted molar refractivity (Wildman–Crippen MR) is 90.9 cm³/mol. The number of hydrogen-bond donors (Lipinski definition) is 1. The van der Waals surface area contributed by atoms with Crippen molar-refractivity contribution >= 4 is 28.8 Å². The van der Waals surface area contributed by atoms with E-state index in [4.69, 9.17) is 0 Å². The highest BCUT2D eigenvalue weighted by Crippen LogP contribution is 2.26. The zero-order chi connectivity index (χ0) is 16.5. The number of carbonyl (C=O) groups is 2. The number of nitrogens with zero attached hydrogens (tertiary/aromatic N) is 3. The summed E-state index contributed by atoms with van der Waals surface area (Å²) in [6, 6.07) is 16.7. The van der Waals surface area contributed by atoms with E-state index in [0.29, 0.717) is 24.6 Å². The zero-order valence-electron chi connectivity index (χ0n) is 13.0. The van der Waals surface area contributed by atoms with Gasteiger partial charge in [0.1, 0.15) is 0 Å². The Morgan fingerprint density at radius 2 is 1.75 bits per heavy atom. The standard InChI is InChI=1S/C18H16N4O2/c23-16(12-19-17(24)13-6-2-1-3-7-13)22-11-10-21-15-9-5-4-8-14(15)20-18(21)22/h1-9H,10-12H2,(H,19,24).